The number of nitrogens with zero attached hydrogens (tertiary/aromatic N) is 1. The van der Waals surface area contributed by atoms with Crippen LogP contribution in [0.25, 0.3) is 0 Å². The largest absolute Gasteiger partial charge is 0.389 e. The Bertz CT molecular complexity index is 452. The first-order chi connectivity index (χ1) is 8.88. The van der Waals surface area contributed by atoms with Gasteiger partial charge in [-0.05, 0) is 45.4 Å². The second-order valence-electron chi connectivity index (χ2n) is 5.50. The molecule has 106 valence electrons. The van der Waals surface area contributed by atoms with Crippen LogP contribution in [0, 0.1) is 12.7 Å². The molecule has 4 heteroatoms. The number of hydrogen-bond donors (Lipinski definition) is 1. The van der Waals surface area contributed by atoms with Gasteiger partial charge in [-0.3, -0.25) is 0 Å². The van der Waals surface area contributed by atoms with Crippen LogP contribution in [-0.2, 0) is 4.74 Å². The zero-order valence-corrected chi connectivity index (χ0v) is 12.0. The van der Waals surface area contributed by atoms with Crippen molar-refractivity contribution in [1.82, 2.24) is 0 Å². The van der Waals surface area contributed by atoms with Crippen molar-refractivity contribution in [2.24, 2.45) is 0 Å². The van der Waals surface area contributed by atoms with Crippen LogP contribution in [0.5, 0.6) is 0 Å². The van der Waals surface area contributed by atoms with Crippen molar-refractivity contribution >= 4 is 5.69 Å². The molecule has 1 aliphatic rings. The van der Waals surface area contributed by atoms with Gasteiger partial charge < -0.3 is 14.7 Å². The molecule has 0 aromatic heterocycles. The van der Waals surface area contributed by atoms with Crippen LogP contribution < -0.4 is 4.90 Å². The lowest BCUT2D eigenvalue weighted by Crippen LogP contribution is -2.46. The van der Waals surface area contributed by atoms with E-state index in [2.05, 4.69) is 4.90 Å². The molecule has 0 amide bonds. The highest BCUT2D eigenvalue weighted by Crippen LogP contribution is 2.31. The summed E-state index contributed by atoms with van der Waals surface area (Å²) < 4.78 is 19.4. The molecule has 1 aliphatic heterocycles. The number of morpholine rings is 1. The maximum absolute atomic E-state index is 13.7. The first-order valence-electron chi connectivity index (χ1n) is 6.77. The van der Waals surface area contributed by atoms with Crippen molar-refractivity contribution in [2.75, 3.05) is 18.0 Å². The molecule has 1 saturated heterocycles. The number of ether oxygens (including phenoxy) is 1. The third-order valence-electron chi connectivity index (χ3n) is 3.52. The Morgan fingerprint density at radius 2 is 1.89 bits per heavy atom. The molecule has 0 bridgehead atoms. The Morgan fingerprint density at radius 1 is 1.32 bits per heavy atom. The van der Waals surface area contributed by atoms with Gasteiger partial charge in [0.1, 0.15) is 5.82 Å². The van der Waals surface area contributed by atoms with E-state index in [1.165, 1.54) is 6.07 Å². The summed E-state index contributed by atoms with van der Waals surface area (Å²) in [7, 11) is 0. The summed E-state index contributed by atoms with van der Waals surface area (Å²) in [6.07, 6.45) is -0.412. The topological polar surface area (TPSA) is 32.7 Å². The van der Waals surface area contributed by atoms with E-state index in [9.17, 15) is 9.50 Å². The molecule has 2 rings (SSSR count). The van der Waals surface area contributed by atoms with Crippen LogP contribution in [0.4, 0.5) is 10.1 Å². The Balaban J connectivity index is 2.40. The number of aryl methyl sites for hydroxylation is 1. The number of benzene rings is 1. The lowest BCUT2D eigenvalue weighted by atomic mass is 10.0. The normalized spacial score (nSPS) is 25.5. The molecule has 0 radical (unpaired) electrons. The maximum Gasteiger partial charge on any atom is 0.126 e. The Morgan fingerprint density at radius 3 is 2.42 bits per heavy atom. The van der Waals surface area contributed by atoms with E-state index < -0.39 is 6.10 Å². The molecule has 1 N–H and O–H groups in total. The predicted octanol–water partition coefficient (Wildman–Crippen LogP) is 2.80. The van der Waals surface area contributed by atoms with Gasteiger partial charge in [0, 0.05) is 24.3 Å². The average molecular weight is 267 g/mol. The first-order valence-corrected chi connectivity index (χ1v) is 6.77. The molecule has 19 heavy (non-hydrogen) atoms. The van der Waals surface area contributed by atoms with E-state index in [0.29, 0.717) is 11.1 Å². The fourth-order valence-corrected chi connectivity index (χ4v) is 2.66. The fourth-order valence-electron chi connectivity index (χ4n) is 2.66. The third-order valence-corrected chi connectivity index (χ3v) is 3.52. The predicted molar refractivity (Wildman–Crippen MR) is 74.0 cm³/mol. The number of aliphatic hydroxyl groups excluding tert-OH is 1. The molecule has 0 spiro atoms. The minimum Gasteiger partial charge on any atom is -0.389 e. The van der Waals surface area contributed by atoms with Crippen molar-refractivity contribution in [3.63, 3.8) is 0 Å². The van der Waals surface area contributed by atoms with Crippen LogP contribution in [0.15, 0.2) is 12.1 Å². The number of hydrogen-bond acceptors (Lipinski definition) is 3. The summed E-state index contributed by atoms with van der Waals surface area (Å²) in [6, 6.07) is 3.27. The van der Waals surface area contributed by atoms with Crippen LogP contribution >= 0.6 is 0 Å². The molecule has 3 atom stereocenters. The summed E-state index contributed by atoms with van der Waals surface area (Å²) >= 11 is 0. The van der Waals surface area contributed by atoms with Crippen LogP contribution in [0.3, 0.4) is 0 Å². The van der Waals surface area contributed by atoms with E-state index in [0.717, 1.165) is 18.8 Å². The average Bonchev–Trinajstić information content (AvgIpc) is 2.30. The molecule has 2 unspecified atom stereocenters. The number of anilines is 1. The summed E-state index contributed by atoms with van der Waals surface area (Å²) in [5.41, 5.74) is 2.16. The van der Waals surface area contributed by atoms with Gasteiger partial charge in [-0.1, -0.05) is 0 Å². The molecule has 1 aromatic rings. The third kappa shape index (κ3) is 3.07. The number of halogens is 1. The Labute approximate surface area is 114 Å². The maximum atomic E-state index is 13.7. The smallest absolute Gasteiger partial charge is 0.126 e. The van der Waals surface area contributed by atoms with Gasteiger partial charge in [0.2, 0.25) is 0 Å². The standard InChI is InChI=1S/C15H22FNO2/c1-9-5-15(13(12(4)18)6-14(9)16)17-7-10(2)19-11(3)8-17/h5-6,10-12,18H,7-8H2,1-4H3/t10?,11?,12-/m1/s1. The van der Waals surface area contributed by atoms with Crippen molar-refractivity contribution in [3.05, 3.63) is 29.1 Å². The van der Waals surface area contributed by atoms with Crippen molar-refractivity contribution in [3.8, 4) is 0 Å². The second kappa shape index (κ2) is 5.47. The molecular weight excluding hydrogens is 245 g/mol. The molecule has 3 nitrogen and oxygen atoms in total. The molecular formula is C15H22FNO2. The van der Waals surface area contributed by atoms with E-state index in [4.69, 9.17) is 4.74 Å². The number of aliphatic hydroxyl groups is 1. The highest BCUT2D eigenvalue weighted by molar-refractivity contribution is 5.57. The van der Waals surface area contributed by atoms with Gasteiger partial charge in [0.25, 0.3) is 0 Å². The van der Waals surface area contributed by atoms with E-state index in [-0.39, 0.29) is 18.0 Å². The van der Waals surface area contributed by atoms with Gasteiger partial charge in [0.15, 0.2) is 0 Å². The number of rotatable bonds is 2. The van der Waals surface area contributed by atoms with E-state index >= 15 is 0 Å². The summed E-state index contributed by atoms with van der Waals surface area (Å²) in [5.74, 6) is -0.269. The van der Waals surface area contributed by atoms with Gasteiger partial charge in [0.05, 0.1) is 18.3 Å². The van der Waals surface area contributed by atoms with Crippen molar-refractivity contribution in [1.29, 1.82) is 0 Å². The molecule has 1 heterocycles. The molecule has 0 aliphatic carbocycles. The van der Waals surface area contributed by atoms with Gasteiger partial charge in [-0.2, -0.15) is 0 Å². The van der Waals surface area contributed by atoms with Crippen molar-refractivity contribution < 1.29 is 14.2 Å². The highest BCUT2D eigenvalue weighted by Gasteiger charge is 2.25. The minimum atomic E-state index is -0.682. The minimum absolute atomic E-state index is 0.135. The lowest BCUT2D eigenvalue weighted by molar-refractivity contribution is -0.00538. The SMILES string of the molecule is Cc1cc(N2CC(C)OC(C)C2)c([C@@H](C)O)cc1F. The zero-order valence-electron chi connectivity index (χ0n) is 12.0. The van der Waals surface area contributed by atoms with Gasteiger partial charge in [-0.15, -0.1) is 0 Å². The van der Waals surface area contributed by atoms with Gasteiger partial charge >= 0.3 is 0 Å². The highest BCUT2D eigenvalue weighted by atomic mass is 19.1. The van der Waals surface area contributed by atoms with E-state index in [1.807, 2.05) is 19.9 Å². The van der Waals surface area contributed by atoms with Crippen molar-refractivity contribution in [2.45, 2.75) is 46.0 Å². The quantitative estimate of drug-likeness (QED) is 0.894. The monoisotopic (exact) mass is 267 g/mol. The zero-order chi connectivity index (χ0) is 14.2. The Kier molecular flexibility index (Phi) is 4.11. The molecule has 1 fully saturated rings. The second-order valence-corrected chi connectivity index (χ2v) is 5.50. The summed E-state index contributed by atoms with van der Waals surface area (Å²) in [4.78, 5) is 2.17. The fraction of sp³-hybridized carbons (Fsp3) is 0.600. The van der Waals surface area contributed by atoms with Crippen LogP contribution in [-0.4, -0.2) is 30.4 Å². The summed E-state index contributed by atoms with van der Waals surface area (Å²) in [5, 5.41) is 9.86. The Hall–Kier alpha value is -1.13. The van der Waals surface area contributed by atoms with Crippen LogP contribution in [0.1, 0.15) is 38.0 Å². The lowest BCUT2D eigenvalue weighted by Gasteiger charge is -2.38. The first kappa shape index (κ1) is 14.3. The van der Waals surface area contributed by atoms with Crippen LogP contribution in [0.2, 0.25) is 0 Å². The molecule has 0 saturated carbocycles. The summed E-state index contributed by atoms with van der Waals surface area (Å²) in [6.45, 7) is 8.99. The van der Waals surface area contributed by atoms with Gasteiger partial charge in [-0.25, -0.2) is 4.39 Å². The molecule has 1 aromatic carbocycles. The van der Waals surface area contributed by atoms with E-state index in [1.54, 1.807) is 13.8 Å².